The third kappa shape index (κ3) is 4.87. The molecule has 0 aromatic heterocycles. The molecule has 0 aliphatic carbocycles. The zero-order chi connectivity index (χ0) is 15.1. The van der Waals surface area contributed by atoms with Gasteiger partial charge in [-0.25, -0.2) is 4.39 Å². The summed E-state index contributed by atoms with van der Waals surface area (Å²) < 4.78 is 18.4. The lowest BCUT2D eigenvalue weighted by Crippen LogP contribution is -2.41. The number of hydrogen-bond acceptors (Lipinski definition) is 3. The van der Waals surface area contributed by atoms with E-state index in [1.807, 2.05) is 0 Å². The van der Waals surface area contributed by atoms with Crippen LogP contribution in [0.25, 0.3) is 0 Å². The molecule has 5 nitrogen and oxygen atoms in total. The van der Waals surface area contributed by atoms with E-state index >= 15 is 0 Å². The minimum atomic E-state index is -0.974. The molecule has 1 aromatic rings. The topological polar surface area (TPSA) is 66.8 Å². The number of carbonyl (C=O) groups is 2. The van der Waals surface area contributed by atoms with Crippen LogP contribution in [0.3, 0.4) is 0 Å². The van der Waals surface area contributed by atoms with Gasteiger partial charge in [-0.3, -0.25) is 9.59 Å². The molecule has 1 N–H and O–H groups in total. The Kier molecular flexibility index (Phi) is 5.96. The van der Waals surface area contributed by atoms with Gasteiger partial charge < -0.3 is 14.7 Å². The SMILES string of the molecule is CC(C)N(CCC(=O)O)C(=O)COc1ccccc1F. The van der Waals surface area contributed by atoms with Gasteiger partial charge in [0.15, 0.2) is 18.2 Å². The van der Waals surface area contributed by atoms with Crippen molar-refractivity contribution in [1.82, 2.24) is 4.90 Å². The van der Waals surface area contributed by atoms with Crippen molar-refractivity contribution < 1.29 is 23.8 Å². The number of ether oxygens (including phenoxy) is 1. The summed E-state index contributed by atoms with van der Waals surface area (Å²) in [5, 5.41) is 8.65. The molecule has 6 heteroatoms. The Bertz CT molecular complexity index is 476. The van der Waals surface area contributed by atoms with Gasteiger partial charge in [0.25, 0.3) is 5.91 Å². The van der Waals surface area contributed by atoms with E-state index in [9.17, 15) is 14.0 Å². The number of nitrogens with zero attached hydrogens (tertiary/aromatic N) is 1. The lowest BCUT2D eigenvalue weighted by Gasteiger charge is -2.26. The normalized spacial score (nSPS) is 10.4. The molecule has 0 radical (unpaired) electrons. The molecule has 20 heavy (non-hydrogen) atoms. The van der Waals surface area contributed by atoms with Gasteiger partial charge in [-0.05, 0) is 26.0 Å². The Labute approximate surface area is 117 Å². The Balaban J connectivity index is 2.58. The predicted octanol–water partition coefficient (Wildman–Crippen LogP) is 1.92. The average Bonchev–Trinajstić information content (AvgIpc) is 2.37. The van der Waals surface area contributed by atoms with Crippen molar-refractivity contribution in [2.45, 2.75) is 26.3 Å². The highest BCUT2D eigenvalue weighted by atomic mass is 19.1. The van der Waals surface area contributed by atoms with Crippen LogP contribution in [0.2, 0.25) is 0 Å². The second-order valence-electron chi connectivity index (χ2n) is 4.54. The van der Waals surface area contributed by atoms with E-state index in [1.165, 1.54) is 23.1 Å². The molecular weight excluding hydrogens is 265 g/mol. The van der Waals surface area contributed by atoms with Gasteiger partial charge in [0.05, 0.1) is 6.42 Å². The fourth-order valence-electron chi connectivity index (χ4n) is 1.67. The smallest absolute Gasteiger partial charge is 0.305 e. The fourth-order valence-corrected chi connectivity index (χ4v) is 1.67. The molecule has 1 amide bonds. The largest absolute Gasteiger partial charge is 0.481 e. The standard InChI is InChI=1S/C14H18FNO4/c1-10(2)16(8-7-14(18)19)13(17)9-20-12-6-4-3-5-11(12)15/h3-6,10H,7-9H2,1-2H3,(H,18,19). The maximum atomic E-state index is 13.3. The van der Waals surface area contributed by atoms with E-state index in [1.54, 1.807) is 19.9 Å². The van der Waals surface area contributed by atoms with E-state index in [-0.39, 0.29) is 37.3 Å². The van der Waals surface area contributed by atoms with Crippen molar-refractivity contribution >= 4 is 11.9 Å². The lowest BCUT2D eigenvalue weighted by molar-refractivity contribution is -0.139. The van der Waals surface area contributed by atoms with Crippen LogP contribution in [0.15, 0.2) is 24.3 Å². The summed E-state index contributed by atoms with van der Waals surface area (Å²) in [6, 6.07) is 5.65. The Morgan fingerprint density at radius 1 is 1.35 bits per heavy atom. The molecule has 0 bridgehead atoms. The minimum absolute atomic E-state index is 0.00258. The van der Waals surface area contributed by atoms with Crippen molar-refractivity contribution in [2.24, 2.45) is 0 Å². The van der Waals surface area contributed by atoms with Gasteiger partial charge in [-0.2, -0.15) is 0 Å². The molecule has 110 valence electrons. The molecule has 0 saturated heterocycles. The molecule has 0 aliphatic rings. The number of benzene rings is 1. The highest BCUT2D eigenvalue weighted by Crippen LogP contribution is 2.15. The number of carboxylic acid groups (broad SMARTS) is 1. The van der Waals surface area contributed by atoms with Crippen molar-refractivity contribution in [3.05, 3.63) is 30.1 Å². The van der Waals surface area contributed by atoms with Gasteiger partial charge in [-0.1, -0.05) is 12.1 Å². The summed E-state index contributed by atoms with van der Waals surface area (Å²) in [6.45, 7) is 3.34. The van der Waals surface area contributed by atoms with Crippen LogP contribution in [0.5, 0.6) is 5.75 Å². The first-order valence-electron chi connectivity index (χ1n) is 6.30. The highest BCUT2D eigenvalue weighted by Gasteiger charge is 2.18. The molecule has 0 unspecified atom stereocenters. The number of hydrogen-bond donors (Lipinski definition) is 1. The third-order valence-corrected chi connectivity index (χ3v) is 2.70. The summed E-state index contributed by atoms with van der Waals surface area (Å²) in [5.41, 5.74) is 0. The number of para-hydroxylation sites is 1. The first kappa shape index (κ1) is 15.9. The molecule has 1 rings (SSSR count). The van der Waals surface area contributed by atoms with Crippen LogP contribution in [-0.4, -0.2) is 41.1 Å². The first-order chi connectivity index (χ1) is 9.41. The van der Waals surface area contributed by atoms with Crippen molar-refractivity contribution in [3.8, 4) is 5.75 Å². The van der Waals surface area contributed by atoms with Crippen LogP contribution in [0.1, 0.15) is 20.3 Å². The molecule has 0 fully saturated rings. The second kappa shape index (κ2) is 7.47. The fraction of sp³-hybridized carbons (Fsp3) is 0.429. The summed E-state index contributed by atoms with van der Waals surface area (Å²) in [6.07, 6.45) is -0.135. The van der Waals surface area contributed by atoms with Crippen molar-refractivity contribution in [3.63, 3.8) is 0 Å². The van der Waals surface area contributed by atoms with Gasteiger partial charge in [0.2, 0.25) is 0 Å². The van der Waals surface area contributed by atoms with Crippen LogP contribution in [-0.2, 0) is 9.59 Å². The number of halogens is 1. The number of carboxylic acids is 1. The van der Waals surface area contributed by atoms with Gasteiger partial charge in [0.1, 0.15) is 0 Å². The van der Waals surface area contributed by atoms with E-state index in [4.69, 9.17) is 9.84 Å². The predicted molar refractivity (Wildman–Crippen MR) is 71.0 cm³/mol. The Morgan fingerprint density at radius 2 is 2.00 bits per heavy atom. The monoisotopic (exact) mass is 283 g/mol. The maximum absolute atomic E-state index is 13.3. The minimum Gasteiger partial charge on any atom is -0.481 e. The molecule has 0 atom stereocenters. The molecule has 0 aliphatic heterocycles. The Hall–Kier alpha value is -2.11. The zero-order valence-electron chi connectivity index (χ0n) is 11.5. The van der Waals surface area contributed by atoms with Gasteiger partial charge in [0, 0.05) is 12.6 Å². The second-order valence-corrected chi connectivity index (χ2v) is 4.54. The molecule has 1 aromatic carbocycles. The van der Waals surface area contributed by atoms with Crippen LogP contribution >= 0.6 is 0 Å². The molecular formula is C14H18FNO4. The molecule has 0 saturated carbocycles. The number of carbonyl (C=O) groups excluding carboxylic acids is 1. The van der Waals surface area contributed by atoms with Gasteiger partial charge in [-0.15, -0.1) is 0 Å². The quantitative estimate of drug-likeness (QED) is 0.830. The third-order valence-electron chi connectivity index (χ3n) is 2.70. The van der Waals surface area contributed by atoms with E-state index < -0.39 is 11.8 Å². The summed E-state index contributed by atoms with van der Waals surface area (Å²) >= 11 is 0. The van der Waals surface area contributed by atoms with Crippen LogP contribution < -0.4 is 4.74 Å². The number of rotatable bonds is 7. The molecule has 0 heterocycles. The highest BCUT2D eigenvalue weighted by molar-refractivity contribution is 5.78. The van der Waals surface area contributed by atoms with Gasteiger partial charge >= 0.3 is 5.97 Å². The van der Waals surface area contributed by atoms with Crippen molar-refractivity contribution in [2.75, 3.05) is 13.2 Å². The van der Waals surface area contributed by atoms with Crippen molar-refractivity contribution in [1.29, 1.82) is 0 Å². The Morgan fingerprint density at radius 3 is 2.55 bits per heavy atom. The number of aliphatic carboxylic acids is 1. The summed E-state index contributed by atoms with van der Waals surface area (Å²) in [7, 11) is 0. The average molecular weight is 283 g/mol. The first-order valence-corrected chi connectivity index (χ1v) is 6.30. The van der Waals surface area contributed by atoms with Crippen LogP contribution in [0, 0.1) is 5.82 Å². The summed E-state index contributed by atoms with van der Waals surface area (Å²) in [4.78, 5) is 23.9. The van der Waals surface area contributed by atoms with E-state index in [0.717, 1.165) is 0 Å². The number of amides is 1. The molecule has 0 spiro atoms. The lowest BCUT2D eigenvalue weighted by atomic mass is 10.2. The van der Waals surface area contributed by atoms with Crippen LogP contribution in [0.4, 0.5) is 4.39 Å². The van der Waals surface area contributed by atoms with E-state index in [0.29, 0.717) is 0 Å². The maximum Gasteiger partial charge on any atom is 0.305 e. The zero-order valence-corrected chi connectivity index (χ0v) is 11.5. The summed E-state index contributed by atoms with van der Waals surface area (Å²) in [5.74, 6) is -1.88. The van der Waals surface area contributed by atoms with E-state index in [2.05, 4.69) is 0 Å².